The number of carbonyl (C=O) groups is 1. The number of anilines is 2. The molecule has 3 aliphatic carbocycles. The summed E-state index contributed by atoms with van der Waals surface area (Å²) in [7, 11) is -2.78. The van der Waals surface area contributed by atoms with Crippen molar-refractivity contribution in [1.82, 2.24) is 4.98 Å². The molecule has 1 aromatic carbocycles. The first-order valence-electron chi connectivity index (χ1n) is 14.4. The third-order valence-electron chi connectivity index (χ3n) is 9.60. The SMILES string of the molecule is CO/N=C1\C[C@@H](CCC(=O)Nc2ncc(C)s2)C2C3CCc4cc(NS(=O)(=O)O)c(C(C)(C)C)cc4C3CC[C@]12C. The molecule has 0 saturated heterocycles. The Hall–Kier alpha value is -2.50. The van der Waals surface area contributed by atoms with E-state index in [1.807, 2.05) is 13.0 Å². The van der Waals surface area contributed by atoms with Gasteiger partial charge in [-0.25, -0.2) is 4.98 Å². The summed E-state index contributed by atoms with van der Waals surface area (Å²) in [4.78, 5) is 23.5. The lowest BCUT2D eigenvalue weighted by molar-refractivity contribution is -0.116. The molecule has 11 heteroatoms. The van der Waals surface area contributed by atoms with Crippen LogP contribution < -0.4 is 10.0 Å². The van der Waals surface area contributed by atoms with Gasteiger partial charge in [-0.3, -0.25) is 14.1 Å². The van der Waals surface area contributed by atoms with Gasteiger partial charge < -0.3 is 10.2 Å². The Kier molecular flexibility index (Phi) is 8.02. The standard InChI is InChI=1S/C30H42N4O5S2/c1-17-16-31-28(40-17)32-26(35)10-8-19-14-25(33-39-6)30(5)12-11-20-21(27(19)30)9-7-18-13-24(34-41(36,37)38)23(15-22(18)20)29(2,3)4/h13,15-16,19-21,27,34H,7-12,14H2,1-6H3,(H,31,32,35)(H,36,37,38)/b33-25+/t19-,20?,21?,27?,30-/m1/s1. The smallest absolute Gasteiger partial charge is 0.357 e. The summed E-state index contributed by atoms with van der Waals surface area (Å²) >= 11 is 1.48. The first-order chi connectivity index (χ1) is 19.2. The van der Waals surface area contributed by atoms with Crippen molar-refractivity contribution in [2.45, 2.75) is 90.9 Å². The molecule has 3 N–H and O–H groups in total. The Morgan fingerprint density at radius 2 is 2.05 bits per heavy atom. The number of thiazole rings is 1. The summed E-state index contributed by atoms with van der Waals surface area (Å²) in [5.41, 5.74) is 4.47. The van der Waals surface area contributed by atoms with Crippen molar-refractivity contribution in [3.8, 4) is 0 Å². The molecular formula is C30H42N4O5S2. The molecule has 9 nitrogen and oxygen atoms in total. The minimum absolute atomic E-state index is 0.00628. The summed E-state index contributed by atoms with van der Waals surface area (Å²) in [6.45, 7) is 10.5. The molecule has 224 valence electrons. The average Bonchev–Trinajstić information content (AvgIpc) is 3.40. The van der Waals surface area contributed by atoms with Crippen LogP contribution >= 0.6 is 11.3 Å². The van der Waals surface area contributed by atoms with E-state index in [-0.39, 0.29) is 16.7 Å². The maximum atomic E-state index is 12.9. The van der Waals surface area contributed by atoms with Crippen LogP contribution in [0, 0.1) is 30.1 Å². The van der Waals surface area contributed by atoms with Crippen LogP contribution in [0.25, 0.3) is 0 Å². The van der Waals surface area contributed by atoms with Crippen molar-refractivity contribution in [1.29, 1.82) is 0 Å². The monoisotopic (exact) mass is 602 g/mol. The van der Waals surface area contributed by atoms with E-state index in [9.17, 15) is 17.8 Å². The van der Waals surface area contributed by atoms with Gasteiger partial charge in [-0.05, 0) is 97.3 Å². The largest absolute Gasteiger partial charge is 0.399 e. The number of aromatic nitrogens is 1. The molecule has 2 saturated carbocycles. The summed E-state index contributed by atoms with van der Waals surface area (Å²) in [6.07, 6.45) is 7.63. The van der Waals surface area contributed by atoms with Crippen LogP contribution in [0.15, 0.2) is 23.5 Å². The van der Waals surface area contributed by atoms with Gasteiger partial charge in [0.15, 0.2) is 5.13 Å². The van der Waals surface area contributed by atoms with Gasteiger partial charge in [-0.2, -0.15) is 8.42 Å². The summed E-state index contributed by atoms with van der Waals surface area (Å²) in [6, 6.07) is 4.11. The number of amides is 1. The molecule has 2 fully saturated rings. The maximum Gasteiger partial charge on any atom is 0.357 e. The van der Waals surface area contributed by atoms with Crippen LogP contribution in [0.5, 0.6) is 0 Å². The third-order valence-corrected chi connectivity index (χ3v) is 10.9. The number of nitrogens with zero attached hydrogens (tertiary/aromatic N) is 2. The van der Waals surface area contributed by atoms with E-state index in [2.05, 4.69) is 53.9 Å². The van der Waals surface area contributed by atoms with Crippen molar-refractivity contribution in [2.75, 3.05) is 17.1 Å². The van der Waals surface area contributed by atoms with Crippen LogP contribution in [-0.2, 0) is 31.8 Å². The van der Waals surface area contributed by atoms with Crippen molar-refractivity contribution in [3.63, 3.8) is 0 Å². The quantitative estimate of drug-likeness (QED) is 0.246. The second kappa shape index (κ2) is 11.0. The molecule has 5 rings (SSSR count). The molecular weight excluding hydrogens is 560 g/mol. The van der Waals surface area contributed by atoms with Crippen LogP contribution in [0.1, 0.15) is 93.7 Å². The zero-order valence-electron chi connectivity index (χ0n) is 24.8. The molecule has 3 aliphatic rings. The number of oxime groups is 1. The summed E-state index contributed by atoms with van der Waals surface area (Å²) < 4.78 is 35.4. The average molecular weight is 603 g/mol. The van der Waals surface area contributed by atoms with Gasteiger partial charge >= 0.3 is 10.3 Å². The van der Waals surface area contributed by atoms with Gasteiger partial charge in [0.2, 0.25) is 5.91 Å². The van der Waals surface area contributed by atoms with Gasteiger partial charge in [-0.1, -0.05) is 38.9 Å². The second-order valence-electron chi connectivity index (χ2n) is 13.3. The Morgan fingerprint density at radius 3 is 2.68 bits per heavy atom. The zero-order chi connectivity index (χ0) is 29.7. The number of rotatable bonds is 7. The molecule has 1 aromatic heterocycles. The van der Waals surface area contributed by atoms with E-state index in [0.717, 1.165) is 60.2 Å². The fraction of sp³-hybridized carbons (Fsp3) is 0.633. The Labute approximate surface area is 247 Å². The van der Waals surface area contributed by atoms with Crippen molar-refractivity contribution in [2.24, 2.45) is 28.3 Å². The molecule has 1 heterocycles. The number of aryl methyl sites for hydroxylation is 2. The van der Waals surface area contributed by atoms with E-state index < -0.39 is 10.3 Å². The van der Waals surface area contributed by atoms with E-state index in [0.29, 0.717) is 40.9 Å². The molecule has 0 radical (unpaired) electrons. The topological polar surface area (TPSA) is 130 Å². The van der Waals surface area contributed by atoms with Crippen molar-refractivity contribution < 1.29 is 22.6 Å². The molecule has 0 bridgehead atoms. The first kappa shape index (κ1) is 30.0. The van der Waals surface area contributed by atoms with E-state index in [4.69, 9.17) is 4.84 Å². The Balaban J connectivity index is 1.45. The first-order valence-corrected chi connectivity index (χ1v) is 16.7. The van der Waals surface area contributed by atoms with Gasteiger partial charge in [0, 0.05) is 22.9 Å². The van der Waals surface area contributed by atoms with Crippen LogP contribution in [-0.4, -0.2) is 36.7 Å². The van der Waals surface area contributed by atoms with E-state index in [1.54, 1.807) is 13.3 Å². The Bertz CT molecular complexity index is 1460. The molecule has 41 heavy (non-hydrogen) atoms. The predicted molar refractivity (Wildman–Crippen MR) is 163 cm³/mol. The van der Waals surface area contributed by atoms with E-state index in [1.165, 1.54) is 16.9 Å². The number of carbonyl (C=O) groups excluding carboxylic acids is 1. The summed E-state index contributed by atoms with van der Waals surface area (Å²) in [5.74, 6) is 1.44. The molecule has 1 amide bonds. The number of fused-ring (bicyclic) bond motifs is 5. The minimum Gasteiger partial charge on any atom is -0.399 e. The number of hydrogen-bond acceptors (Lipinski definition) is 7. The summed E-state index contributed by atoms with van der Waals surface area (Å²) in [5, 5.41) is 8.13. The zero-order valence-corrected chi connectivity index (χ0v) is 26.4. The number of benzene rings is 1. The van der Waals surface area contributed by atoms with E-state index >= 15 is 0 Å². The van der Waals surface area contributed by atoms with Crippen LogP contribution in [0.4, 0.5) is 10.8 Å². The van der Waals surface area contributed by atoms with Crippen LogP contribution in [0.2, 0.25) is 0 Å². The predicted octanol–water partition coefficient (Wildman–Crippen LogP) is 6.47. The fourth-order valence-corrected chi connectivity index (χ4v) is 9.10. The molecule has 0 aliphatic heterocycles. The highest BCUT2D eigenvalue weighted by atomic mass is 32.2. The van der Waals surface area contributed by atoms with Crippen LogP contribution in [0.3, 0.4) is 0 Å². The normalized spacial score (nSPS) is 28.5. The fourth-order valence-electron chi connectivity index (χ4n) is 7.97. The van der Waals surface area contributed by atoms with Crippen molar-refractivity contribution >= 4 is 44.1 Å². The lowest BCUT2D eigenvalue weighted by Gasteiger charge is -2.50. The third kappa shape index (κ3) is 6.03. The van der Waals surface area contributed by atoms with Crippen molar-refractivity contribution in [3.05, 3.63) is 39.9 Å². The molecule has 3 unspecified atom stereocenters. The van der Waals surface area contributed by atoms with Gasteiger partial charge in [0.1, 0.15) is 7.11 Å². The molecule has 2 aromatic rings. The Morgan fingerprint density at radius 1 is 1.29 bits per heavy atom. The minimum atomic E-state index is -4.39. The van der Waals surface area contributed by atoms with Gasteiger partial charge in [-0.15, -0.1) is 11.3 Å². The highest BCUT2D eigenvalue weighted by Crippen LogP contribution is 2.63. The molecule has 5 atom stereocenters. The van der Waals surface area contributed by atoms with Gasteiger partial charge in [0.25, 0.3) is 0 Å². The highest BCUT2D eigenvalue weighted by Gasteiger charge is 2.57. The molecule has 0 spiro atoms. The lowest BCUT2D eigenvalue weighted by Crippen LogP contribution is -2.44. The number of hydrogen-bond donors (Lipinski definition) is 3. The highest BCUT2D eigenvalue weighted by molar-refractivity contribution is 7.87. The maximum absolute atomic E-state index is 12.9. The number of nitrogens with one attached hydrogen (secondary N) is 2. The second-order valence-corrected chi connectivity index (χ2v) is 15.7. The van der Waals surface area contributed by atoms with Gasteiger partial charge in [0.05, 0.1) is 11.4 Å². The lowest BCUT2D eigenvalue weighted by atomic mass is 9.53.